The van der Waals surface area contributed by atoms with E-state index in [0.717, 1.165) is 51.4 Å². The fourth-order valence-electron chi connectivity index (χ4n) is 3.97. The molecule has 3 atom stereocenters. The van der Waals surface area contributed by atoms with Crippen molar-refractivity contribution in [3.63, 3.8) is 0 Å². The minimum Gasteiger partial charge on any atom is -0.756 e. The van der Waals surface area contributed by atoms with Gasteiger partial charge in [0.2, 0.25) is 5.91 Å². The molecule has 0 aromatic rings. The highest BCUT2D eigenvalue weighted by molar-refractivity contribution is 7.45. The number of phosphoric ester groups is 1. The van der Waals surface area contributed by atoms with E-state index in [-0.39, 0.29) is 19.1 Å². The van der Waals surface area contributed by atoms with Gasteiger partial charge in [0, 0.05) is 6.42 Å². The number of allylic oxidation sites excluding steroid dienone is 1. The molecule has 0 heterocycles. The van der Waals surface area contributed by atoms with Crippen LogP contribution in [0.1, 0.15) is 117 Å². The number of aliphatic hydroxyl groups excluding tert-OH is 1. The number of hydrogen-bond acceptors (Lipinski definition) is 6. The van der Waals surface area contributed by atoms with Crippen LogP contribution in [0, 0.1) is 0 Å². The lowest BCUT2D eigenvalue weighted by Gasteiger charge is -2.29. The van der Waals surface area contributed by atoms with Crippen LogP contribution in [0.15, 0.2) is 12.2 Å². The van der Waals surface area contributed by atoms with E-state index in [1.54, 1.807) is 6.08 Å². The molecule has 0 radical (unpaired) electrons. The van der Waals surface area contributed by atoms with Crippen LogP contribution in [-0.2, 0) is 18.4 Å². The summed E-state index contributed by atoms with van der Waals surface area (Å²) in [5.74, 6) is -0.215. The molecular weight excluding hydrogens is 503 g/mol. The lowest BCUT2D eigenvalue weighted by molar-refractivity contribution is -0.870. The summed E-state index contributed by atoms with van der Waals surface area (Å²) < 4.78 is 22.8. The summed E-state index contributed by atoms with van der Waals surface area (Å²) >= 11 is 0. The van der Waals surface area contributed by atoms with Gasteiger partial charge in [0.15, 0.2) is 0 Å². The third-order valence-corrected chi connectivity index (χ3v) is 7.46. The molecule has 38 heavy (non-hydrogen) atoms. The number of aliphatic hydroxyl groups is 1. The summed E-state index contributed by atoms with van der Waals surface area (Å²) in [7, 11) is 1.25. The number of carbonyl (C=O) groups excluding carboxylic acids is 1. The summed E-state index contributed by atoms with van der Waals surface area (Å²) in [6.07, 6.45) is 20.0. The number of quaternary nitrogens is 1. The first-order valence-electron chi connectivity index (χ1n) is 15.1. The molecule has 8 nitrogen and oxygen atoms in total. The Kier molecular flexibility index (Phi) is 22.5. The highest BCUT2D eigenvalue weighted by Gasteiger charge is 2.23. The number of carbonyl (C=O) groups is 1. The summed E-state index contributed by atoms with van der Waals surface area (Å²) in [4.78, 5) is 24.7. The van der Waals surface area contributed by atoms with Gasteiger partial charge in [-0.05, 0) is 19.3 Å². The predicted octanol–water partition coefficient (Wildman–Crippen LogP) is 5.88. The Morgan fingerprint density at radius 1 is 0.895 bits per heavy atom. The van der Waals surface area contributed by atoms with Gasteiger partial charge in [-0.1, -0.05) is 103 Å². The molecule has 0 spiro atoms. The van der Waals surface area contributed by atoms with Crippen molar-refractivity contribution < 1.29 is 32.9 Å². The van der Waals surface area contributed by atoms with Gasteiger partial charge in [-0.25, -0.2) is 0 Å². The van der Waals surface area contributed by atoms with Gasteiger partial charge >= 0.3 is 0 Å². The van der Waals surface area contributed by atoms with Gasteiger partial charge in [-0.3, -0.25) is 9.36 Å². The first-order chi connectivity index (χ1) is 18.0. The van der Waals surface area contributed by atoms with Crippen molar-refractivity contribution in [2.75, 3.05) is 40.9 Å². The van der Waals surface area contributed by atoms with Crippen LogP contribution in [-0.4, -0.2) is 68.5 Å². The molecule has 226 valence electrons. The normalized spacial score (nSPS) is 15.4. The largest absolute Gasteiger partial charge is 0.756 e. The zero-order valence-corrected chi connectivity index (χ0v) is 26.0. The summed E-state index contributed by atoms with van der Waals surface area (Å²) in [5.41, 5.74) is 0. The quantitative estimate of drug-likeness (QED) is 0.0590. The number of unbranched alkanes of at least 4 members (excludes halogenated alkanes) is 13. The van der Waals surface area contributed by atoms with Crippen molar-refractivity contribution in [2.45, 2.75) is 129 Å². The fraction of sp³-hybridized carbons (Fsp3) is 0.897. The second-order valence-electron chi connectivity index (χ2n) is 11.5. The summed E-state index contributed by atoms with van der Waals surface area (Å²) in [6, 6.07) is -0.873. The van der Waals surface area contributed by atoms with Crippen molar-refractivity contribution >= 4 is 13.7 Å². The average molecular weight is 563 g/mol. The van der Waals surface area contributed by atoms with E-state index >= 15 is 0 Å². The minimum atomic E-state index is -4.55. The van der Waals surface area contributed by atoms with Crippen molar-refractivity contribution in [3.8, 4) is 0 Å². The van der Waals surface area contributed by atoms with Crippen LogP contribution in [0.4, 0.5) is 0 Å². The van der Waals surface area contributed by atoms with E-state index in [9.17, 15) is 19.4 Å². The maximum Gasteiger partial charge on any atom is 0.268 e. The van der Waals surface area contributed by atoms with Crippen molar-refractivity contribution in [3.05, 3.63) is 12.2 Å². The molecular formula is C29H59N2O6P. The molecule has 0 aromatic heterocycles. The van der Waals surface area contributed by atoms with Gasteiger partial charge < -0.3 is 28.8 Å². The molecule has 0 aliphatic carbocycles. The van der Waals surface area contributed by atoms with Gasteiger partial charge in [-0.2, -0.15) is 0 Å². The predicted molar refractivity (Wildman–Crippen MR) is 155 cm³/mol. The molecule has 0 rings (SSSR count). The second-order valence-corrected chi connectivity index (χ2v) is 12.9. The van der Waals surface area contributed by atoms with Crippen LogP contribution < -0.4 is 10.2 Å². The van der Waals surface area contributed by atoms with E-state index in [1.807, 2.05) is 27.2 Å². The number of nitrogens with zero attached hydrogens (tertiary/aromatic N) is 1. The summed E-state index contributed by atoms with van der Waals surface area (Å²) in [6.45, 7) is 4.49. The SMILES string of the molecule is CCCCCCCCCCC/C=C/C(O)C(COP(=O)([O-])OCC[N+](C)(C)C)NC(=O)CCCCCCC. The Morgan fingerprint density at radius 2 is 1.42 bits per heavy atom. The van der Waals surface area contributed by atoms with Crippen LogP contribution in [0.2, 0.25) is 0 Å². The zero-order chi connectivity index (χ0) is 28.7. The van der Waals surface area contributed by atoms with Gasteiger partial charge in [0.05, 0.1) is 39.9 Å². The Labute approximate surface area is 233 Å². The molecule has 0 fully saturated rings. The maximum absolute atomic E-state index is 12.5. The molecule has 0 bridgehead atoms. The van der Waals surface area contributed by atoms with Crippen molar-refractivity contribution in [1.82, 2.24) is 5.32 Å². The Hall–Kier alpha value is -0.760. The zero-order valence-electron chi connectivity index (χ0n) is 25.1. The number of rotatable bonds is 26. The molecule has 0 aliphatic heterocycles. The molecule has 0 saturated carbocycles. The Balaban J connectivity index is 4.65. The van der Waals surface area contributed by atoms with Crippen molar-refractivity contribution in [1.29, 1.82) is 0 Å². The molecule has 0 saturated heterocycles. The van der Waals surface area contributed by atoms with E-state index in [2.05, 4.69) is 19.2 Å². The Bertz CT molecular complexity index is 653. The van der Waals surface area contributed by atoms with Crippen LogP contribution in [0.5, 0.6) is 0 Å². The number of amides is 1. The van der Waals surface area contributed by atoms with Crippen LogP contribution in [0.3, 0.4) is 0 Å². The van der Waals surface area contributed by atoms with E-state index in [1.165, 1.54) is 44.9 Å². The highest BCUT2D eigenvalue weighted by Crippen LogP contribution is 2.38. The third-order valence-electron chi connectivity index (χ3n) is 6.50. The van der Waals surface area contributed by atoms with Gasteiger partial charge in [0.25, 0.3) is 7.82 Å². The maximum atomic E-state index is 12.5. The monoisotopic (exact) mass is 562 g/mol. The number of nitrogens with one attached hydrogen (secondary N) is 1. The standard InChI is InChI=1S/C29H59N2O6P/c1-6-8-10-12-13-14-15-16-17-19-20-22-28(32)27(30-29(33)23-21-18-11-9-7-2)26-37-38(34,35)36-25-24-31(3,4)5/h20,22,27-28,32H,6-19,21,23-26H2,1-5H3,(H-,30,33,34,35)/b22-20+. The Morgan fingerprint density at radius 3 is 1.97 bits per heavy atom. The molecule has 0 aromatic carbocycles. The highest BCUT2D eigenvalue weighted by atomic mass is 31.2. The number of phosphoric acid groups is 1. The van der Waals surface area contributed by atoms with Gasteiger partial charge in [-0.15, -0.1) is 0 Å². The van der Waals surface area contributed by atoms with E-state index in [4.69, 9.17) is 9.05 Å². The van der Waals surface area contributed by atoms with Crippen LogP contribution in [0.25, 0.3) is 0 Å². The van der Waals surface area contributed by atoms with Crippen LogP contribution >= 0.6 is 7.82 Å². The second kappa shape index (κ2) is 23.0. The first-order valence-corrected chi connectivity index (χ1v) is 16.5. The fourth-order valence-corrected chi connectivity index (χ4v) is 4.69. The first kappa shape index (κ1) is 37.2. The molecule has 1 amide bonds. The van der Waals surface area contributed by atoms with E-state index < -0.39 is 20.0 Å². The molecule has 9 heteroatoms. The smallest absolute Gasteiger partial charge is 0.268 e. The van der Waals surface area contributed by atoms with E-state index in [0.29, 0.717) is 17.4 Å². The van der Waals surface area contributed by atoms with Crippen molar-refractivity contribution in [2.24, 2.45) is 0 Å². The third kappa shape index (κ3) is 24.3. The topological polar surface area (TPSA) is 108 Å². The van der Waals surface area contributed by atoms with Gasteiger partial charge in [0.1, 0.15) is 13.2 Å². The average Bonchev–Trinajstić information content (AvgIpc) is 2.83. The molecule has 0 aliphatic rings. The summed E-state index contributed by atoms with van der Waals surface area (Å²) in [5, 5.41) is 13.5. The number of likely N-dealkylation sites (N-methyl/N-ethyl adjacent to an activating group) is 1. The lowest BCUT2D eigenvalue weighted by Crippen LogP contribution is -2.45. The minimum absolute atomic E-state index is 0.000258. The number of hydrogen-bond donors (Lipinski definition) is 2. The molecule has 3 unspecified atom stereocenters. The molecule has 2 N–H and O–H groups in total. The lowest BCUT2D eigenvalue weighted by atomic mass is 10.1.